The number of hydrogen-bond acceptors (Lipinski definition) is 3. The molecular formula is C19H21ClN2O3. The molecule has 0 aliphatic heterocycles. The third-order valence-electron chi connectivity index (χ3n) is 3.76. The molecule has 0 spiro atoms. The fraction of sp³-hybridized carbons (Fsp3) is 0.263. The van der Waals surface area contributed by atoms with Crippen LogP contribution in [-0.4, -0.2) is 18.9 Å². The van der Waals surface area contributed by atoms with Crippen LogP contribution in [0.4, 0.5) is 11.4 Å². The van der Waals surface area contributed by atoms with Crippen molar-refractivity contribution in [2.24, 2.45) is 0 Å². The minimum absolute atomic E-state index is 0.298. The maximum Gasteiger partial charge on any atom is 0.233 e. The molecule has 0 bridgehead atoms. The van der Waals surface area contributed by atoms with Gasteiger partial charge < -0.3 is 15.4 Å². The van der Waals surface area contributed by atoms with E-state index in [1.807, 2.05) is 32.0 Å². The third-order valence-corrected chi connectivity index (χ3v) is 4.00. The largest absolute Gasteiger partial charge is 0.495 e. The summed E-state index contributed by atoms with van der Waals surface area (Å²) >= 11 is 5.93. The highest BCUT2D eigenvalue weighted by Gasteiger charge is 2.14. The van der Waals surface area contributed by atoms with Crippen LogP contribution in [0.25, 0.3) is 0 Å². The number of ether oxygens (including phenoxy) is 1. The molecule has 0 aliphatic rings. The van der Waals surface area contributed by atoms with Gasteiger partial charge in [-0.15, -0.1) is 0 Å². The van der Waals surface area contributed by atoms with E-state index in [-0.39, 0.29) is 12.3 Å². The average molecular weight is 361 g/mol. The first-order chi connectivity index (χ1) is 11.9. The Balaban J connectivity index is 2.04. The first-order valence-corrected chi connectivity index (χ1v) is 8.34. The van der Waals surface area contributed by atoms with Crippen molar-refractivity contribution in [3.63, 3.8) is 0 Å². The third kappa shape index (κ3) is 4.97. The van der Waals surface area contributed by atoms with Gasteiger partial charge in [-0.05, 0) is 42.7 Å². The first-order valence-electron chi connectivity index (χ1n) is 7.96. The van der Waals surface area contributed by atoms with Crippen molar-refractivity contribution in [3.8, 4) is 5.75 Å². The topological polar surface area (TPSA) is 67.4 Å². The number of methoxy groups -OCH3 is 1. The van der Waals surface area contributed by atoms with Crippen LogP contribution >= 0.6 is 11.6 Å². The van der Waals surface area contributed by atoms with E-state index in [0.717, 1.165) is 23.2 Å². The van der Waals surface area contributed by atoms with Crippen LogP contribution in [0.15, 0.2) is 36.4 Å². The molecule has 0 unspecified atom stereocenters. The zero-order valence-electron chi connectivity index (χ0n) is 14.5. The van der Waals surface area contributed by atoms with E-state index in [1.165, 1.54) is 7.11 Å². The lowest BCUT2D eigenvalue weighted by molar-refractivity contribution is -0.123. The summed E-state index contributed by atoms with van der Waals surface area (Å²) in [6, 6.07) is 10.7. The number of amides is 2. The average Bonchev–Trinajstić information content (AvgIpc) is 2.56. The molecule has 25 heavy (non-hydrogen) atoms. The minimum Gasteiger partial charge on any atom is -0.495 e. The minimum atomic E-state index is -0.440. The number of rotatable bonds is 6. The van der Waals surface area contributed by atoms with Gasteiger partial charge in [0.1, 0.15) is 12.2 Å². The van der Waals surface area contributed by atoms with Crippen LogP contribution in [-0.2, 0) is 16.0 Å². The molecule has 0 saturated heterocycles. The van der Waals surface area contributed by atoms with Gasteiger partial charge in [0, 0.05) is 10.7 Å². The smallest absolute Gasteiger partial charge is 0.233 e. The first kappa shape index (κ1) is 18.8. The maximum absolute atomic E-state index is 12.2. The summed E-state index contributed by atoms with van der Waals surface area (Å²) in [5, 5.41) is 5.95. The lowest BCUT2D eigenvalue weighted by Gasteiger charge is -2.13. The molecule has 2 rings (SSSR count). The predicted octanol–water partition coefficient (Wildman–Crippen LogP) is 4.19. The molecular weight excluding hydrogens is 340 g/mol. The van der Waals surface area contributed by atoms with E-state index in [4.69, 9.17) is 16.3 Å². The van der Waals surface area contributed by atoms with Crippen molar-refractivity contribution < 1.29 is 14.3 Å². The molecule has 2 amide bonds. The number of hydrogen-bond donors (Lipinski definition) is 2. The number of carbonyl (C=O) groups is 2. The van der Waals surface area contributed by atoms with Crippen molar-refractivity contribution in [2.75, 3.05) is 17.7 Å². The van der Waals surface area contributed by atoms with Gasteiger partial charge in [-0.1, -0.05) is 36.7 Å². The molecule has 0 atom stereocenters. The van der Waals surface area contributed by atoms with Crippen LogP contribution in [0.3, 0.4) is 0 Å². The van der Waals surface area contributed by atoms with Crippen molar-refractivity contribution in [1.82, 2.24) is 0 Å². The highest BCUT2D eigenvalue weighted by atomic mass is 35.5. The second kappa shape index (κ2) is 8.53. The summed E-state index contributed by atoms with van der Waals surface area (Å²) in [6.45, 7) is 3.94. The summed E-state index contributed by atoms with van der Waals surface area (Å²) in [4.78, 5) is 24.4. The Morgan fingerprint density at radius 1 is 1.12 bits per heavy atom. The number of halogens is 1. The number of nitrogens with one attached hydrogen (secondary N) is 2. The number of carbonyl (C=O) groups excluding carboxylic acids is 2. The quantitative estimate of drug-likeness (QED) is 0.759. The monoisotopic (exact) mass is 360 g/mol. The molecule has 0 radical (unpaired) electrons. The fourth-order valence-corrected chi connectivity index (χ4v) is 2.68. The van der Waals surface area contributed by atoms with E-state index in [2.05, 4.69) is 10.6 Å². The summed E-state index contributed by atoms with van der Waals surface area (Å²) in [5.41, 5.74) is 3.19. The summed E-state index contributed by atoms with van der Waals surface area (Å²) in [6.07, 6.45) is 0.496. The van der Waals surface area contributed by atoms with E-state index in [0.29, 0.717) is 16.5 Å². The zero-order chi connectivity index (χ0) is 18.4. The Hall–Kier alpha value is -2.53. The fourth-order valence-electron chi connectivity index (χ4n) is 2.50. The predicted molar refractivity (Wildman–Crippen MR) is 100 cm³/mol. The number of para-hydroxylation sites is 1. The number of anilines is 2. The van der Waals surface area contributed by atoms with Crippen molar-refractivity contribution >= 4 is 34.8 Å². The lowest BCUT2D eigenvalue weighted by atomic mass is 10.1. The van der Waals surface area contributed by atoms with Crippen molar-refractivity contribution in [1.29, 1.82) is 0 Å². The van der Waals surface area contributed by atoms with E-state index >= 15 is 0 Å². The van der Waals surface area contributed by atoms with Gasteiger partial charge in [-0.25, -0.2) is 0 Å². The molecule has 5 nitrogen and oxygen atoms in total. The maximum atomic E-state index is 12.2. The Morgan fingerprint density at radius 2 is 1.84 bits per heavy atom. The molecule has 0 saturated carbocycles. The Kier molecular flexibility index (Phi) is 6.42. The molecule has 132 valence electrons. The molecule has 2 aromatic rings. The summed E-state index contributed by atoms with van der Waals surface area (Å²) in [5.74, 6) is -0.336. The Bertz CT molecular complexity index is 790. The second-order valence-electron chi connectivity index (χ2n) is 5.58. The molecule has 6 heteroatoms. The summed E-state index contributed by atoms with van der Waals surface area (Å²) < 4.78 is 5.17. The van der Waals surface area contributed by atoms with Gasteiger partial charge in [-0.3, -0.25) is 9.59 Å². The molecule has 0 heterocycles. The summed E-state index contributed by atoms with van der Waals surface area (Å²) in [7, 11) is 1.50. The second-order valence-corrected chi connectivity index (χ2v) is 6.02. The van der Waals surface area contributed by atoms with Gasteiger partial charge in [0.15, 0.2) is 0 Å². The standard InChI is InChI=1S/C19H21ClN2O3/c1-4-13-7-5-6-12(2)19(13)22-18(24)11-17(23)21-15-10-14(20)8-9-16(15)25-3/h5-10H,4,11H2,1-3H3,(H,21,23)(H,22,24). The molecule has 0 fully saturated rings. The molecule has 2 N–H and O–H groups in total. The van der Waals surface area contributed by atoms with Crippen molar-refractivity contribution in [3.05, 3.63) is 52.5 Å². The molecule has 0 aromatic heterocycles. The zero-order valence-corrected chi connectivity index (χ0v) is 15.2. The molecule has 0 aliphatic carbocycles. The number of benzene rings is 2. The SMILES string of the molecule is CCc1cccc(C)c1NC(=O)CC(=O)Nc1cc(Cl)ccc1OC. The van der Waals surface area contributed by atoms with Gasteiger partial charge in [0.05, 0.1) is 12.8 Å². The van der Waals surface area contributed by atoms with Crippen molar-refractivity contribution in [2.45, 2.75) is 26.7 Å². The van der Waals surface area contributed by atoms with Gasteiger partial charge in [-0.2, -0.15) is 0 Å². The van der Waals surface area contributed by atoms with Crippen LogP contribution < -0.4 is 15.4 Å². The number of aryl methyl sites for hydroxylation is 2. The van der Waals surface area contributed by atoms with Crippen LogP contribution in [0.5, 0.6) is 5.75 Å². The van der Waals surface area contributed by atoms with E-state index < -0.39 is 5.91 Å². The normalized spacial score (nSPS) is 10.2. The van der Waals surface area contributed by atoms with Gasteiger partial charge in [0.2, 0.25) is 11.8 Å². The van der Waals surface area contributed by atoms with E-state index in [9.17, 15) is 9.59 Å². The van der Waals surface area contributed by atoms with Crippen LogP contribution in [0.1, 0.15) is 24.5 Å². The van der Waals surface area contributed by atoms with Gasteiger partial charge >= 0.3 is 0 Å². The highest BCUT2D eigenvalue weighted by Crippen LogP contribution is 2.28. The lowest BCUT2D eigenvalue weighted by Crippen LogP contribution is -2.22. The Morgan fingerprint density at radius 3 is 2.52 bits per heavy atom. The van der Waals surface area contributed by atoms with Crippen LogP contribution in [0.2, 0.25) is 5.02 Å². The van der Waals surface area contributed by atoms with Crippen LogP contribution in [0, 0.1) is 6.92 Å². The van der Waals surface area contributed by atoms with E-state index in [1.54, 1.807) is 18.2 Å². The molecule has 2 aromatic carbocycles. The van der Waals surface area contributed by atoms with Gasteiger partial charge in [0.25, 0.3) is 0 Å². The Labute approximate surface area is 152 Å². The highest BCUT2D eigenvalue weighted by molar-refractivity contribution is 6.31.